The Labute approximate surface area is 162 Å². The Balaban J connectivity index is 2.18. The summed E-state index contributed by atoms with van der Waals surface area (Å²) in [5.41, 5.74) is 3.71. The number of benzene rings is 2. The minimum Gasteiger partial charge on any atom is -0.354 e. The Bertz CT molecular complexity index is 880. The van der Waals surface area contributed by atoms with Crippen LogP contribution in [0.2, 0.25) is 0 Å². The van der Waals surface area contributed by atoms with Crippen molar-refractivity contribution < 1.29 is 13.2 Å². The van der Waals surface area contributed by atoms with Gasteiger partial charge in [0, 0.05) is 6.54 Å². The molecule has 2 aromatic carbocycles. The molecule has 0 saturated heterocycles. The molecule has 0 bridgehead atoms. The highest BCUT2D eigenvalue weighted by Gasteiger charge is 2.31. The first kappa shape index (κ1) is 21.0. The van der Waals surface area contributed by atoms with Crippen molar-refractivity contribution in [2.24, 2.45) is 0 Å². The van der Waals surface area contributed by atoms with Gasteiger partial charge in [0.05, 0.1) is 11.9 Å². The molecule has 27 heavy (non-hydrogen) atoms. The van der Waals surface area contributed by atoms with E-state index in [4.69, 9.17) is 0 Å². The maximum absolute atomic E-state index is 12.8. The van der Waals surface area contributed by atoms with Crippen LogP contribution in [-0.4, -0.2) is 33.2 Å². The Kier molecular flexibility index (Phi) is 7.02. The van der Waals surface area contributed by atoms with Gasteiger partial charge in [-0.05, 0) is 55.5 Å². The number of nitrogens with one attached hydrogen (secondary N) is 1. The van der Waals surface area contributed by atoms with Crippen LogP contribution in [0.15, 0.2) is 48.5 Å². The zero-order valence-electron chi connectivity index (χ0n) is 16.4. The summed E-state index contributed by atoms with van der Waals surface area (Å²) in [6, 6.07) is 14.5. The van der Waals surface area contributed by atoms with Crippen LogP contribution >= 0.6 is 0 Å². The third-order valence-electron chi connectivity index (χ3n) is 4.63. The van der Waals surface area contributed by atoms with Gasteiger partial charge < -0.3 is 5.32 Å². The molecule has 6 heteroatoms. The van der Waals surface area contributed by atoms with Crippen LogP contribution in [0, 0.1) is 13.8 Å². The molecule has 0 aliphatic carbocycles. The minimum atomic E-state index is -3.61. The molecular formula is C21H28N2O3S. The van der Waals surface area contributed by atoms with Crippen molar-refractivity contribution >= 4 is 21.6 Å². The van der Waals surface area contributed by atoms with Gasteiger partial charge in [-0.2, -0.15) is 0 Å². The van der Waals surface area contributed by atoms with Crippen LogP contribution in [0.5, 0.6) is 0 Å². The van der Waals surface area contributed by atoms with Gasteiger partial charge in [0.15, 0.2) is 0 Å². The molecule has 2 rings (SSSR count). The number of amides is 1. The molecule has 0 spiro atoms. The Morgan fingerprint density at radius 3 is 2.30 bits per heavy atom. The van der Waals surface area contributed by atoms with Crippen molar-refractivity contribution in [2.45, 2.75) is 39.7 Å². The summed E-state index contributed by atoms with van der Waals surface area (Å²) in [6.07, 6.45) is 2.23. The highest BCUT2D eigenvalue weighted by Crippen LogP contribution is 2.25. The predicted molar refractivity (Wildman–Crippen MR) is 110 cm³/mol. The van der Waals surface area contributed by atoms with Crippen LogP contribution in [0.25, 0.3) is 0 Å². The Morgan fingerprint density at radius 2 is 1.74 bits per heavy atom. The van der Waals surface area contributed by atoms with Gasteiger partial charge in [0.2, 0.25) is 15.9 Å². The number of aryl methyl sites for hydroxylation is 2. The molecule has 1 amide bonds. The number of carbonyl (C=O) groups excluding carboxylic acids is 1. The van der Waals surface area contributed by atoms with E-state index in [9.17, 15) is 13.2 Å². The fourth-order valence-corrected chi connectivity index (χ4v) is 4.22. The third kappa shape index (κ3) is 5.57. The summed E-state index contributed by atoms with van der Waals surface area (Å²) in [6.45, 7) is 6.18. The molecule has 1 N–H and O–H groups in total. The molecule has 0 saturated carbocycles. The van der Waals surface area contributed by atoms with Gasteiger partial charge in [-0.3, -0.25) is 9.10 Å². The standard InChI is InChI=1S/C21H28N2O3S/c1-5-20(21(24)22-14-13-18-9-7-6-8-10-18)23(27(4,25)26)19-12-11-16(2)17(3)15-19/h6-12,15,20H,5,13-14H2,1-4H3,(H,22,24). The largest absolute Gasteiger partial charge is 0.354 e. The number of rotatable bonds is 8. The second-order valence-electron chi connectivity index (χ2n) is 6.78. The highest BCUT2D eigenvalue weighted by atomic mass is 32.2. The molecule has 0 aromatic heterocycles. The Hall–Kier alpha value is -2.34. The number of nitrogens with zero attached hydrogens (tertiary/aromatic N) is 1. The molecule has 146 valence electrons. The second kappa shape index (κ2) is 9.04. The minimum absolute atomic E-state index is 0.280. The van der Waals surface area contributed by atoms with Crippen molar-refractivity contribution in [3.8, 4) is 0 Å². The summed E-state index contributed by atoms with van der Waals surface area (Å²) in [5, 5.41) is 2.89. The molecule has 0 fully saturated rings. The summed E-state index contributed by atoms with van der Waals surface area (Å²) >= 11 is 0. The van der Waals surface area contributed by atoms with Gasteiger partial charge in [-0.1, -0.05) is 43.3 Å². The van der Waals surface area contributed by atoms with Gasteiger partial charge in [-0.15, -0.1) is 0 Å². The second-order valence-corrected chi connectivity index (χ2v) is 8.64. The summed E-state index contributed by atoms with van der Waals surface area (Å²) in [7, 11) is -3.61. The van der Waals surface area contributed by atoms with Crippen molar-refractivity contribution in [1.29, 1.82) is 0 Å². The average Bonchev–Trinajstić information content (AvgIpc) is 2.62. The lowest BCUT2D eigenvalue weighted by Crippen LogP contribution is -2.49. The molecule has 0 radical (unpaired) electrons. The molecule has 1 atom stereocenters. The summed E-state index contributed by atoms with van der Waals surface area (Å²) < 4.78 is 26.2. The number of anilines is 1. The van der Waals surface area contributed by atoms with Crippen molar-refractivity contribution in [2.75, 3.05) is 17.1 Å². The van der Waals surface area contributed by atoms with E-state index in [1.807, 2.05) is 63.2 Å². The van der Waals surface area contributed by atoms with E-state index in [1.54, 1.807) is 6.07 Å². The first-order valence-electron chi connectivity index (χ1n) is 9.12. The van der Waals surface area contributed by atoms with Crippen molar-refractivity contribution in [1.82, 2.24) is 5.32 Å². The van der Waals surface area contributed by atoms with Crippen LogP contribution in [-0.2, 0) is 21.2 Å². The van der Waals surface area contributed by atoms with Gasteiger partial charge in [-0.25, -0.2) is 8.42 Å². The predicted octanol–water partition coefficient (Wildman–Crippen LogP) is 3.21. The van der Waals surface area contributed by atoms with Crippen molar-refractivity contribution in [3.05, 3.63) is 65.2 Å². The van der Waals surface area contributed by atoms with Crippen LogP contribution < -0.4 is 9.62 Å². The number of hydrogen-bond acceptors (Lipinski definition) is 3. The first-order chi connectivity index (χ1) is 12.7. The average molecular weight is 389 g/mol. The molecular weight excluding hydrogens is 360 g/mol. The highest BCUT2D eigenvalue weighted by molar-refractivity contribution is 7.92. The maximum atomic E-state index is 12.8. The molecule has 5 nitrogen and oxygen atoms in total. The van der Waals surface area contributed by atoms with Crippen LogP contribution in [0.3, 0.4) is 0 Å². The fraction of sp³-hybridized carbons (Fsp3) is 0.381. The summed E-state index contributed by atoms with van der Waals surface area (Å²) in [5.74, 6) is -0.280. The quantitative estimate of drug-likeness (QED) is 0.755. The van der Waals surface area contributed by atoms with Crippen LogP contribution in [0.1, 0.15) is 30.0 Å². The monoisotopic (exact) mass is 388 g/mol. The van der Waals surface area contributed by atoms with Gasteiger partial charge >= 0.3 is 0 Å². The molecule has 1 unspecified atom stereocenters. The first-order valence-corrected chi connectivity index (χ1v) is 11.0. The van der Waals surface area contributed by atoms with E-state index in [-0.39, 0.29) is 5.91 Å². The normalized spacial score (nSPS) is 12.4. The smallest absolute Gasteiger partial charge is 0.243 e. The van der Waals surface area contributed by atoms with E-state index < -0.39 is 16.1 Å². The molecule has 0 aliphatic rings. The third-order valence-corrected chi connectivity index (χ3v) is 5.81. The van der Waals surface area contributed by atoms with E-state index >= 15 is 0 Å². The van der Waals surface area contributed by atoms with Crippen LogP contribution in [0.4, 0.5) is 5.69 Å². The van der Waals surface area contributed by atoms with Crippen molar-refractivity contribution in [3.63, 3.8) is 0 Å². The van der Waals surface area contributed by atoms with E-state index in [2.05, 4.69) is 5.32 Å². The maximum Gasteiger partial charge on any atom is 0.243 e. The van der Waals surface area contributed by atoms with Gasteiger partial charge in [0.25, 0.3) is 0 Å². The van der Waals surface area contributed by atoms with E-state index in [0.717, 1.165) is 22.9 Å². The summed E-state index contributed by atoms with van der Waals surface area (Å²) in [4.78, 5) is 12.8. The lowest BCUT2D eigenvalue weighted by atomic mass is 10.1. The van der Waals surface area contributed by atoms with Gasteiger partial charge in [0.1, 0.15) is 6.04 Å². The molecule has 0 heterocycles. The zero-order valence-corrected chi connectivity index (χ0v) is 17.2. The zero-order chi connectivity index (χ0) is 20.0. The topological polar surface area (TPSA) is 66.5 Å². The number of hydrogen-bond donors (Lipinski definition) is 1. The van der Waals surface area contributed by atoms with E-state index in [1.165, 1.54) is 4.31 Å². The molecule has 0 aliphatic heterocycles. The van der Waals surface area contributed by atoms with E-state index in [0.29, 0.717) is 25.1 Å². The molecule has 2 aromatic rings. The number of carbonyl (C=O) groups is 1. The number of sulfonamides is 1. The fourth-order valence-electron chi connectivity index (χ4n) is 3.02. The Morgan fingerprint density at radius 1 is 1.07 bits per heavy atom. The SMILES string of the molecule is CCC(C(=O)NCCc1ccccc1)N(c1ccc(C)c(C)c1)S(C)(=O)=O. The lowest BCUT2D eigenvalue weighted by molar-refractivity contribution is -0.122. The lowest BCUT2D eigenvalue weighted by Gasteiger charge is -2.30.